The molecular formula is C15H23NO2. The van der Waals surface area contributed by atoms with Gasteiger partial charge in [-0.3, -0.25) is 4.84 Å². The Labute approximate surface area is 109 Å². The number of rotatable bonds is 3. The highest BCUT2D eigenvalue weighted by molar-refractivity contribution is 5.45. The summed E-state index contributed by atoms with van der Waals surface area (Å²) in [5, 5.41) is 0. The predicted molar refractivity (Wildman–Crippen MR) is 72.5 cm³/mol. The van der Waals surface area contributed by atoms with Crippen molar-refractivity contribution < 1.29 is 9.57 Å². The minimum absolute atomic E-state index is 0.0939. The molecule has 0 saturated heterocycles. The molecule has 1 aromatic rings. The van der Waals surface area contributed by atoms with Gasteiger partial charge in [-0.2, -0.15) is 5.48 Å². The standard InChI is InChI=1S/C15H23NO2/c1-14(2,3)18-16-10-12-8-6-7-11-9-15(4,5)17-13(11)12/h6-8,16H,9-10H2,1-5H3. The third kappa shape index (κ3) is 3.24. The highest BCUT2D eigenvalue weighted by Crippen LogP contribution is 2.37. The molecular weight excluding hydrogens is 226 g/mol. The summed E-state index contributed by atoms with van der Waals surface area (Å²) in [4.78, 5) is 5.54. The van der Waals surface area contributed by atoms with Crippen LogP contribution in [0.4, 0.5) is 0 Å². The molecule has 1 N–H and O–H groups in total. The summed E-state index contributed by atoms with van der Waals surface area (Å²) in [7, 11) is 0. The number of ether oxygens (including phenoxy) is 1. The van der Waals surface area contributed by atoms with Crippen LogP contribution in [0, 0.1) is 0 Å². The van der Waals surface area contributed by atoms with Crippen LogP contribution >= 0.6 is 0 Å². The lowest BCUT2D eigenvalue weighted by molar-refractivity contribution is -0.0760. The maximum Gasteiger partial charge on any atom is 0.128 e. The van der Waals surface area contributed by atoms with Crippen LogP contribution in [0.25, 0.3) is 0 Å². The van der Waals surface area contributed by atoms with Gasteiger partial charge in [-0.25, -0.2) is 0 Å². The van der Waals surface area contributed by atoms with Gasteiger partial charge in [-0.1, -0.05) is 18.2 Å². The molecule has 18 heavy (non-hydrogen) atoms. The van der Waals surface area contributed by atoms with Gasteiger partial charge in [0.05, 0.1) is 5.60 Å². The van der Waals surface area contributed by atoms with Gasteiger partial charge in [0.2, 0.25) is 0 Å². The molecule has 0 aliphatic carbocycles. The van der Waals surface area contributed by atoms with E-state index in [2.05, 4.69) is 37.5 Å². The smallest absolute Gasteiger partial charge is 0.128 e. The van der Waals surface area contributed by atoms with E-state index >= 15 is 0 Å². The Morgan fingerprint density at radius 3 is 2.72 bits per heavy atom. The molecule has 100 valence electrons. The van der Waals surface area contributed by atoms with E-state index in [0.29, 0.717) is 6.54 Å². The molecule has 1 aliphatic heterocycles. The normalized spacial score (nSPS) is 17.4. The third-order valence-electron chi connectivity index (χ3n) is 2.81. The van der Waals surface area contributed by atoms with Crippen LogP contribution in [0.5, 0.6) is 5.75 Å². The zero-order valence-corrected chi connectivity index (χ0v) is 12.0. The number of hydrogen-bond donors (Lipinski definition) is 1. The number of para-hydroxylation sites is 1. The van der Waals surface area contributed by atoms with Gasteiger partial charge in [0.15, 0.2) is 0 Å². The molecule has 0 bridgehead atoms. The maximum atomic E-state index is 6.01. The van der Waals surface area contributed by atoms with Gasteiger partial charge in [-0.15, -0.1) is 0 Å². The van der Waals surface area contributed by atoms with Gasteiger partial charge >= 0.3 is 0 Å². The van der Waals surface area contributed by atoms with E-state index in [1.165, 1.54) is 5.56 Å². The van der Waals surface area contributed by atoms with Gasteiger partial charge in [0.25, 0.3) is 0 Å². The Kier molecular flexibility index (Phi) is 3.39. The molecule has 0 radical (unpaired) electrons. The molecule has 0 saturated carbocycles. The Morgan fingerprint density at radius 1 is 1.33 bits per heavy atom. The molecule has 3 nitrogen and oxygen atoms in total. The fraction of sp³-hybridized carbons (Fsp3) is 0.600. The van der Waals surface area contributed by atoms with E-state index < -0.39 is 0 Å². The number of nitrogens with one attached hydrogen (secondary N) is 1. The molecule has 0 aromatic heterocycles. The Balaban J connectivity index is 2.06. The zero-order chi connectivity index (χ0) is 13.4. The lowest BCUT2D eigenvalue weighted by atomic mass is 10.0. The van der Waals surface area contributed by atoms with Crippen LogP contribution in [0.1, 0.15) is 45.7 Å². The summed E-state index contributed by atoms with van der Waals surface area (Å²) >= 11 is 0. The number of benzene rings is 1. The molecule has 2 rings (SSSR count). The van der Waals surface area contributed by atoms with Crippen molar-refractivity contribution >= 4 is 0 Å². The lowest BCUT2D eigenvalue weighted by Gasteiger charge is -2.21. The van der Waals surface area contributed by atoms with Crippen molar-refractivity contribution in [3.8, 4) is 5.75 Å². The molecule has 3 heteroatoms. The molecule has 0 unspecified atom stereocenters. The van der Waals surface area contributed by atoms with Crippen LogP contribution in [-0.4, -0.2) is 11.2 Å². The van der Waals surface area contributed by atoms with Gasteiger partial charge < -0.3 is 4.74 Å². The number of fused-ring (bicyclic) bond motifs is 1. The molecule has 1 aromatic carbocycles. The van der Waals surface area contributed by atoms with Crippen LogP contribution < -0.4 is 10.2 Å². The SMILES string of the molecule is CC(C)(C)ONCc1cccc2c1OC(C)(C)C2. The van der Waals surface area contributed by atoms with Crippen LogP contribution in [0.15, 0.2) is 18.2 Å². The first-order chi connectivity index (χ1) is 8.27. The minimum atomic E-state index is -0.182. The average Bonchev–Trinajstić information content (AvgIpc) is 2.51. The third-order valence-corrected chi connectivity index (χ3v) is 2.81. The summed E-state index contributed by atoms with van der Waals surface area (Å²) in [6.07, 6.45) is 0.969. The van der Waals surface area contributed by atoms with E-state index in [0.717, 1.165) is 17.7 Å². The fourth-order valence-electron chi connectivity index (χ4n) is 2.15. The number of hydrogen-bond acceptors (Lipinski definition) is 3. The van der Waals surface area contributed by atoms with Gasteiger partial charge in [-0.05, 0) is 40.2 Å². The first kappa shape index (κ1) is 13.4. The molecule has 0 amide bonds. The van der Waals surface area contributed by atoms with Gasteiger partial charge in [0.1, 0.15) is 11.4 Å². The molecule has 0 fully saturated rings. The van der Waals surface area contributed by atoms with Crippen molar-refractivity contribution in [2.24, 2.45) is 0 Å². The molecule has 1 heterocycles. The minimum Gasteiger partial charge on any atom is -0.487 e. The predicted octanol–water partition coefficient (Wildman–Crippen LogP) is 3.22. The summed E-state index contributed by atoms with van der Waals surface area (Å²) in [5.74, 6) is 1.02. The fourth-order valence-corrected chi connectivity index (χ4v) is 2.15. The second-order valence-corrected chi connectivity index (χ2v) is 6.48. The second kappa shape index (κ2) is 4.56. The van der Waals surface area contributed by atoms with E-state index in [1.54, 1.807) is 0 Å². The topological polar surface area (TPSA) is 30.5 Å². The monoisotopic (exact) mass is 249 g/mol. The largest absolute Gasteiger partial charge is 0.487 e. The van der Waals surface area contributed by atoms with Crippen molar-refractivity contribution in [3.05, 3.63) is 29.3 Å². The summed E-state index contributed by atoms with van der Waals surface area (Å²) in [6, 6.07) is 6.30. The second-order valence-electron chi connectivity index (χ2n) is 6.48. The summed E-state index contributed by atoms with van der Waals surface area (Å²) < 4.78 is 6.01. The van der Waals surface area contributed by atoms with Crippen molar-refractivity contribution in [1.29, 1.82) is 0 Å². The summed E-state index contributed by atoms with van der Waals surface area (Å²) in [5.41, 5.74) is 5.18. The van der Waals surface area contributed by atoms with E-state index in [9.17, 15) is 0 Å². The van der Waals surface area contributed by atoms with Crippen LogP contribution in [0.3, 0.4) is 0 Å². The summed E-state index contributed by atoms with van der Waals surface area (Å²) in [6.45, 7) is 11.0. The first-order valence-corrected chi connectivity index (χ1v) is 6.47. The van der Waals surface area contributed by atoms with Crippen molar-refractivity contribution in [2.45, 2.75) is 58.8 Å². The lowest BCUT2D eigenvalue weighted by Crippen LogP contribution is -2.29. The molecule has 0 atom stereocenters. The quantitative estimate of drug-likeness (QED) is 0.834. The first-order valence-electron chi connectivity index (χ1n) is 6.47. The van der Waals surface area contributed by atoms with Crippen molar-refractivity contribution in [3.63, 3.8) is 0 Å². The average molecular weight is 249 g/mol. The van der Waals surface area contributed by atoms with E-state index in [4.69, 9.17) is 9.57 Å². The van der Waals surface area contributed by atoms with E-state index in [-0.39, 0.29) is 11.2 Å². The van der Waals surface area contributed by atoms with Crippen LogP contribution in [0.2, 0.25) is 0 Å². The van der Waals surface area contributed by atoms with Gasteiger partial charge in [0, 0.05) is 18.5 Å². The van der Waals surface area contributed by atoms with Crippen molar-refractivity contribution in [1.82, 2.24) is 5.48 Å². The Morgan fingerprint density at radius 2 is 2.06 bits per heavy atom. The highest BCUT2D eigenvalue weighted by Gasteiger charge is 2.31. The molecule has 1 aliphatic rings. The van der Waals surface area contributed by atoms with Crippen molar-refractivity contribution in [2.75, 3.05) is 0 Å². The maximum absolute atomic E-state index is 6.01. The highest BCUT2D eigenvalue weighted by atomic mass is 16.7. The Bertz CT molecular complexity index is 433. The molecule has 0 spiro atoms. The Hall–Kier alpha value is -1.06. The number of hydroxylamine groups is 1. The zero-order valence-electron chi connectivity index (χ0n) is 12.0. The van der Waals surface area contributed by atoms with Crippen LogP contribution in [-0.2, 0) is 17.8 Å². The van der Waals surface area contributed by atoms with E-state index in [1.807, 2.05) is 20.8 Å².